The molecule has 0 aromatic carbocycles. The maximum atomic E-state index is 13.8. The van der Waals surface area contributed by atoms with E-state index in [2.05, 4.69) is 85.2 Å². The van der Waals surface area contributed by atoms with Gasteiger partial charge in [0.15, 0.2) is 0 Å². The Hall–Kier alpha value is -4.50. The molecule has 0 aliphatic carbocycles. The first kappa shape index (κ1) is 104. The molecule has 0 radical (unpaired) electrons. The van der Waals surface area contributed by atoms with Crippen LogP contribution in [0, 0.1) is 0 Å². The van der Waals surface area contributed by atoms with Crippen LogP contribution >= 0.6 is 0 Å². The van der Waals surface area contributed by atoms with Gasteiger partial charge in [0.2, 0.25) is 0 Å². The summed E-state index contributed by atoms with van der Waals surface area (Å²) in [6, 6.07) is 0. The number of aliphatic hydroxyl groups excluding tert-OH is 4. The SMILES string of the molecule is C=CC(=O)OCC(C)OCC(C)OCC(C)OC(=O)CCN(CCO)N(CCO)N(CCO)N(CCO)CCC(=O)OC(C)COC(C)COC(C)COC(=O)CCN(CCCC)N(CCCC)N(CCCC)N(CCCC)N(CCCC)N(CCCC)CCC(=O)OCC(C)OCC(C)OCC(C)OC(=O)C=C. The Kier molecular flexibility index (Phi) is 64.1. The molecule has 0 aliphatic heterocycles. The van der Waals surface area contributed by atoms with E-state index in [4.69, 9.17) is 56.8 Å². The van der Waals surface area contributed by atoms with Crippen molar-refractivity contribution in [2.45, 2.75) is 262 Å². The van der Waals surface area contributed by atoms with Gasteiger partial charge in [0, 0.05) is 90.7 Å². The number of hydrogen-bond donors (Lipinski definition) is 4. The van der Waals surface area contributed by atoms with Gasteiger partial charge >= 0.3 is 35.8 Å². The third-order valence-corrected chi connectivity index (χ3v) is 16.8. The van der Waals surface area contributed by atoms with Gasteiger partial charge in [-0.1, -0.05) is 93.2 Å². The average Bonchev–Trinajstić information content (AvgIpc) is 0.816. The number of hydrazine groups is 8. The minimum absolute atomic E-state index is 0.0101. The standard InChI is InChI=1S/C77H150N10O22/c1-18-26-36-78(42-32-74(94)105-58-67(13)99-55-63(9)101-60-69(15)107-73(93)25-8)82(38-28-20-3)86(40-30-22-5)87(41-31-23-6)83(39-29-21-4)79(37-27-19-2)43-33-75(95)106-59-68(14)100-56-65(11)103-62-71(17)109-77(97)35-45-81(47-51-89)85(49-53-91)84(48-52-90)80(46-50-88)44-34-76(96)108-70(16)61-102-64(10)54-98-66(12)57-104-72(92)24-7/h24-25,63-71,88-91H,7-8,18-23,26-62H2,1-6,9-17H3. The van der Waals surface area contributed by atoms with E-state index >= 15 is 0 Å². The van der Waals surface area contributed by atoms with Crippen LogP contribution in [0.3, 0.4) is 0 Å². The van der Waals surface area contributed by atoms with Crippen molar-refractivity contribution in [1.29, 1.82) is 0 Å². The molecule has 32 heteroatoms. The van der Waals surface area contributed by atoms with E-state index in [0.717, 1.165) is 128 Å². The highest BCUT2D eigenvalue weighted by Gasteiger charge is 2.35. The lowest BCUT2D eigenvalue weighted by molar-refractivity contribution is -0.376. The number of unbranched alkanes of at least 4 members (excludes halogenated alkanes) is 6. The maximum absolute atomic E-state index is 13.8. The highest BCUT2D eigenvalue weighted by Crippen LogP contribution is 2.22. The molecule has 0 spiro atoms. The summed E-state index contributed by atoms with van der Waals surface area (Å²) in [6.45, 7) is 41.0. The fourth-order valence-corrected chi connectivity index (χ4v) is 10.7. The Morgan fingerprint density at radius 2 is 0.514 bits per heavy atom. The summed E-state index contributed by atoms with van der Waals surface area (Å²) in [4.78, 5) is 76.8. The number of aliphatic hydroxyl groups is 4. The van der Waals surface area contributed by atoms with E-state index in [-0.39, 0.29) is 187 Å². The second-order valence-corrected chi connectivity index (χ2v) is 27.5. The summed E-state index contributed by atoms with van der Waals surface area (Å²) in [5, 5.41) is 61.3. The van der Waals surface area contributed by atoms with Gasteiger partial charge < -0.3 is 77.3 Å². The minimum Gasteiger partial charge on any atom is -0.463 e. The number of rotatable bonds is 75. The Morgan fingerprint density at radius 1 is 0.275 bits per heavy atom. The highest BCUT2D eigenvalue weighted by atomic mass is 16.6. The first-order valence-corrected chi connectivity index (χ1v) is 40.4. The summed E-state index contributed by atoms with van der Waals surface area (Å²) >= 11 is 0. The number of carbonyl (C=O) groups is 6. The van der Waals surface area contributed by atoms with Crippen LogP contribution in [0.4, 0.5) is 0 Å². The van der Waals surface area contributed by atoms with Crippen LogP contribution in [0.5, 0.6) is 0 Å². The highest BCUT2D eigenvalue weighted by molar-refractivity contribution is 5.81. The molecule has 0 bridgehead atoms. The van der Waals surface area contributed by atoms with Crippen LogP contribution in [0.15, 0.2) is 25.3 Å². The zero-order valence-corrected chi connectivity index (χ0v) is 69.8. The number of nitrogens with zero attached hydrogens (tertiary/aromatic N) is 10. The van der Waals surface area contributed by atoms with Gasteiger partial charge in [-0.25, -0.2) is 29.6 Å². The molecule has 0 aromatic heterocycles. The van der Waals surface area contributed by atoms with Crippen LogP contribution in [-0.2, 0) is 85.6 Å². The molecule has 9 unspecified atom stereocenters. The van der Waals surface area contributed by atoms with Crippen molar-refractivity contribution in [1.82, 2.24) is 50.7 Å². The topological polar surface area (TPSA) is 327 Å². The second-order valence-electron chi connectivity index (χ2n) is 27.5. The van der Waals surface area contributed by atoms with Crippen LogP contribution in [-0.4, -0.2) is 339 Å². The molecule has 0 saturated carbocycles. The van der Waals surface area contributed by atoms with Crippen molar-refractivity contribution < 1.29 is 106 Å². The quantitative estimate of drug-likeness (QED) is 0.0208. The number of esters is 6. The number of ether oxygens (including phenoxy) is 12. The van der Waals surface area contributed by atoms with E-state index in [1.165, 1.54) is 0 Å². The van der Waals surface area contributed by atoms with Crippen LogP contribution in [0.25, 0.3) is 0 Å². The molecular formula is C77H150N10O22. The van der Waals surface area contributed by atoms with Crippen LogP contribution in [0.2, 0.25) is 0 Å². The smallest absolute Gasteiger partial charge is 0.330 e. The second kappa shape index (κ2) is 66.9. The molecular weight excluding hydrogens is 1420 g/mol. The van der Waals surface area contributed by atoms with Crippen molar-refractivity contribution in [2.24, 2.45) is 0 Å². The molecule has 640 valence electrons. The summed E-state index contributed by atoms with van der Waals surface area (Å²) in [7, 11) is 0. The van der Waals surface area contributed by atoms with Gasteiger partial charge in [-0.15, -0.1) is 10.2 Å². The van der Waals surface area contributed by atoms with Crippen molar-refractivity contribution in [3.8, 4) is 0 Å². The monoisotopic (exact) mass is 1570 g/mol. The molecule has 0 heterocycles. The Labute approximate surface area is 654 Å². The van der Waals surface area contributed by atoms with Gasteiger partial charge in [0.25, 0.3) is 0 Å². The summed E-state index contributed by atoms with van der Waals surface area (Å²) < 4.78 is 68.6. The van der Waals surface area contributed by atoms with E-state index in [9.17, 15) is 49.2 Å². The van der Waals surface area contributed by atoms with Crippen LogP contribution < -0.4 is 0 Å². The maximum Gasteiger partial charge on any atom is 0.330 e. The van der Waals surface area contributed by atoms with E-state index < -0.39 is 54.4 Å². The first-order chi connectivity index (χ1) is 52.3. The molecule has 109 heavy (non-hydrogen) atoms. The normalized spacial score (nSPS) is 14.6. The fourth-order valence-electron chi connectivity index (χ4n) is 10.7. The average molecular weight is 1570 g/mol. The zero-order chi connectivity index (χ0) is 81.7. The summed E-state index contributed by atoms with van der Waals surface area (Å²) in [5.74, 6) is -2.84. The molecule has 9 atom stereocenters. The predicted octanol–water partition coefficient (Wildman–Crippen LogP) is 6.88. The molecule has 0 aliphatic rings. The lowest BCUT2D eigenvalue weighted by atomic mass is 10.3. The Bertz CT molecular complexity index is 2330. The van der Waals surface area contributed by atoms with Crippen molar-refractivity contribution >= 4 is 35.8 Å². The molecule has 0 aromatic rings. The van der Waals surface area contributed by atoms with Gasteiger partial charge in [-0.2, -0.15) is 20.5 Å². The van der Waals surface area contributed by atoms with E-state index in [1.54, 1.807) is 54.9 Å². The molecule has 0 saturated heterocycles. The predicted molar refractivity (Wildman–Crippen MR) is 415 cm³/mol. The third kappa shape index (κ3) is 51.1. The van der Waals surface area contributed by atoms with E-state index in [1.807, 2.05) is 27.7 Å². The van der Waals surface area contributed by atoms with Crippen molar-refractivity contribution in [2.75, 3.05) is 178 Å². The Balaban J connectivity index is 6.00. The largest absolute Gasteiger partial charge is 0.463 e. The van der Waals surface area contributed by atoms with Crippen molar-refractivity contribution in [3.63, 3.8) is 0 Å². The van der Waals surface area contributed by atoms with Gasteiger partial charge in [-0.3, -0.25) is 19.2 Å². The van der Waals surface area contributed by atoms with Gasteiger partial charge in [0.05, 0.1) is 141 Å². The first-order valence-electron chi connectivity index (χ1n) is 40.4. The molecule has 32 nitrogen and oxygen atoms in total. The Morgan fingerprint density at radius 3 is 0.807 bits per heavy atom. The number of hydrogen-bond acceptors (Lipinski definition) is 32. The third-order valence-electron chi connectivity index (χ3n) is 16.8. The van der Waals surface area contributed by atoms with Gasteiger partial charge in [-0.05, 0) is 101 Å². The summed E-state index contributed by atoms with van der Waals surface area (Å²) in [6.07, 6.45) is 9.55. The fraction of sp³-hybridized carbons (Fsp3) is 0.870. The minimum atomic E-state index is -0.664. The lowest BCUT2D eigenvalue weighted by Crippen LogP contribution is -2.68. The molecule has 0 rings (SSSR count). The molecule has 0 amide bonds. The summed E-state index contributed by atoms with van der Waals surface area (Å²) in [5.41, 5.74) is 0. The molecule has 0 fully saturated rings. The van der Waals surface area contributed by atoms with Gasteiger partial charge in [0.1, 0.15) is 38.1 Å². The number of carbonyl (C=O) groups excluding carboxylic acids is 6. The van der Waals surface area contributed by atoms with Crippen LogP contribution in [0.1, 0.15) is 207 Å². The zero-order valence-electron chi connectivity index (χ0n) is 69.8. The lowest BCUT2D eigenvalue weighted by Gasteiger charge is -2.52. The van der Waals surface area contributed by atoms with E-state index in [0.29, 0.717) is 13.1 Å². The van der Waals surface area contributed by atoms with Crippen molar-refractivity contribution in [3.05, 3.63) is 25.3 Å². The molecule has 4 N–H and O–H groups in total.